The lowest BCUT2D eigenvalue weighted by Crippen LogP contribution is -2.28. The van der Waals surface area contributed by atoms with Crippen LogP contribution in [0.4, 0.5) is 0 Å². The summed E-state index contributed by atoms with van der Waals surface area (Å²) in [5.74, 6) is 0.637. The lowest BCUT2D eigenvalue weighted by Gasteiger charge is -2.27. The summed E-state index contributed by atoms with van der Waals surface area (Å²) >= 11 is 18.5. The summed E-state index contributed by atoms with van der Waals surface area (Å²) in [5.41, 5.74) is 1.48. The fourth-order valence-corrected chi connectivity index (χ4v) is 4.28. The summed E-state index contributed by atoms with van der Waals surface area (Å²) in [5, 5.41) is 10.3. The summed E-state index contributed by atoms with van der Waals surface area (Å²) in [6.07, 6.45) is 3.86. The lowest BCUT2D eigenvalue weighted by atomic mass is 9.78. The van der Waals surface area contributed by atoms with Crippen molar-refractivity contribution in [3.8, 4) is 11.5 Å². The fraction of sp³-hybridized carbons (Fsp3) is 0.385. The number of carbonyl (C=O) groups excluding carboxylic acids is 1. The molecule has 194 valence electrons. The van der Waals surface area contributed by atoms with Crippen LogP contribution in [0.2, 0.25) is 10.0 Å². The van der Waals surface area contributed by atoms with Crippen LogP contribution in [0.3, 0.4) is 0 Å². The zero-order valence-corrected chi connectivity index (χ0v) is 22.6. The van der Waals surface area contributed by atoms with Crippen LogP contribution in [0.1, 0.15) is 31.9 Å². The van der Waals surface area contributed by atoms with Crippen LogP contribution in [0.5, 0.6) is 11.5 Å². The van der Waals surface area contributed by atoms with Crippen LogP contribution in [0.25, 0.3) is 0 Å². The number of aliphatic hydroxyl groups is 1. The molecule has 0 saturated heterocycles. The predicted molar refractivity (Wildman–Crippen MR) is 141 cm³/mol. The molecule has 3 rings (SSSR count). The standard InChI is InChI=1S/C26H29Cl3N2O5/c1-17(32)36-22(13-31-9-8-30-16-31)15-34-21-6-4-18(5-7-21)26(2,3)19-10-23(28)25(24(29)11-19)35-14-20(33)12-27/h4-11,16,20,22,33H,12-15H2,1-3H3/t20-,22?/m0/s1. The molecule has 0 saturated carbocycles. The minimum absolute atomic E-state index is 0.00617. The van der Waals surface area contributed by atoms with Gasteiger partial charge in [-0.15, -0.1) is 11.6 Å². The molecule has 0 aliphatic rings. The monoisotopic (exact) mass is 554 g/mol. The van der Waals surface area contributed by atoms with E-state index in [1.165, 1.54) is 6.92 Å². The normalized spacial score (nSPS) is 13.2. The highest BCUT2D eigenvalue weighted by Gasteiger charge is 2.26. The molecule has 36 heavy (non-hydrogen) atoms. The second-order valence-corrected chi connectivity index (χ2v) is 9.96. The van der Waals surface area contributed by atoms with Gasteiger partial charge in [0, 0.05) is 24.7 Å². The van der Waals surface area contributed by atoms with E-state index in [4.69, 9.17) is 49.0 Å². The number of nitrogens with zero attached hydrogens (tertiary/aromatic N) is 2. The van der Waals surface area contributed by atoms with E-state index in [0.717, 1.165) is 11.1 Å². The van der Waals surface area contributed by atoms with Gasteiger partial charge < -0.3 is 23.9 Å². The maximum absolute atomic E-state index is 11.5. The average Bonchev–Trinajstić information content (AvgIpc) is 3.34. The zero-order chi connectivity index (χ0) is 26.3. The van der Waals surface area contributed by atoms with E-state index in [-0.39, 0.29) is 25.1 Å². The second kappa shape index (κ2) is 12.7. The number of hydrogen-bond donors (Lipinski definition) is 1. The molecular formula is C26H29Cl3N2O5. The number of ether oxygens (including phenoxy) is 3. The number of aromatic nitrogens is 2. The van der Waals surface area contributed by atoms with Gasteiger partial charge in [-0.1, -0.05) is 49.2 Å². The highest BCUT2D eigenvalue weighted by molar-refractivity contribution is 6.37. The second-order valence-electron chi connectivity index (χ2n) is 8.84. The fourth-order valence-electron chi connectivity index (χ4n) is 3.59. The molecule has 3 aromatic rings. The number of benzene rings is 2. The summed E-state index contributed by atoms with van der Waals surface area (Å²) in [7, 11) is 0. The number of rotatable bonds is 12. The van der Waals surface area contributed by atoms with Gasteiger partial charge >= 0.3 is 5.97 Å². The molecule has 0 fully saturated rings. The van der Waals surface area contributed by atoms with E-state index in [1.54, 1.807) is 30.9 Å². The van der Waals surface area contributed by atoms with E-state index < -0.39 is 17.6 Å². The molecule has 0 aliphatic heterocycles. The molecule has 2 aromatic carbocycles. The van der Waals surface area contributed by atoms with Crippen LogP contribution in [-0.4, -0.2) is 51.9 Å². The quantitative estimate of drug-likeness (QED) is 0.235. The lowest BCUT2D eigenvalue weighted by molar-refractivity contribution is -0.148. The molecule has 1 heterocycles. The minimum Gasteiger partial charge on any atom is -0.490 e. The van der Waals surface area contributed by atoms with Crippen LogP contribution in [0, 0.1) is 0 Å². The Kier molecular flexibility index (Phi) is 9.91. The summed E-state index contributed by atoms with van der Waals surface area (Å²) in [6, 6.07) is 11.3. The van der Waals surface area contributed by atoms with Crippen molar-refractivity contribution in [2.75, 3.05) is 19.1 Å². The third kappa shape index (κ3) is 7.53. The minimum atomic E-state index is -0.814. The Labute approximate surface area is 225 Å². The molecule has 7 nitrogen and oxygen atoms in total. The van der Waals surface area contributed by atoms with E-state index >= 15 is 0 Å². The number of esters is 1. The Morgan fingerprint density at radius 1 is 1.08 bits per heavy atom. The van der Waals surface area contributed by atoms with E-state index in [2.05, 4.69) is 18.8 Å². The number of carbonyl (C=O) groups is 1. The van der Waals surface area contributed by atoms with Crippen molar-refractivity contribution >= 4 is 40.8 Å². The molecule has 0 radical (unpaired) electrons. The summed E-state index contributed by atoms with van der Waals surface area (Å²) in [6.45, 7) is 6.13. The number of aliphatic hydroxyl groups excluding tert-OH is 1. The molecule has 0 amide bonds. The first-order chi connectivity index (χ1) is 17.1. The first-order valence-electron chi connectivity index (χ1n) is 11.3. The van der Waals surface area contributed by atoms with Gasteiger partial charge in [0.1, 0.15) is 25.1 Å². The number of imidazole rings is 1. The Bertz CT molecular complexity index is 1110. The molecule has 10 heteroatoms. The van der Waals surface area contributed by atoms with Gasteiger partial charge in [-0.25, -0.2) is 4.98 Å². The highest BCUT2D eigenvalue weighted by Crippen LogP contribution is 2.40. The van der Waals surface area contributed by atoms with Gasteiger partial charge in [-0.05, 0) is 35.4 Å². The third-order valence-corrected chi connectivity index (χ3v) is 6.55. The number of alkyl halides is 1. The van der Waals surface area contributed by atoms with Crippen molar-refractivity contribution in [2.45, 2.75) is 44.9 Å². The largest absolute Gasteiger partial charge is 0.490 e. The van der Waals surface area contributed by atoms with E-state index in [9.17, 15) is 9.90 Å². The van der Waals surface area contributed by atoms with Gasteiger partial charge in [-0.2, -0.15) is 0 Å². The topological polar surface area (TPSA) is 82.8 Å². The van der Waals surface area contributed by atoms with E-state index in [0.29, 0.717) is 28.1 Å². The Morgan fingerprint density at radius 2 is 1.75 bits per heavy atom. The van der Waals surface area contributed by atoms with Gasteiger partial charge in [-0.3, -0.25) is 4.79 Å². The van der Waals surface area contributed by atoms with Gasteiger partial charge in [0.25, 0.3) is 0 Å². The predicted octanol–water partition coefficient (Wildman–Crippen LogP) is 5.51. The SMILES string of the molecule is CC(=O)OC(COc1ccc(C(C)(C)c2cc(Cl)c(OC[C@@H](O)CCl)c(Cl)c2)cc1)Cn1ccnc1. The number of hydrogen-bond acceptors (Lipinski definition) is 6. The van der Waals surface area contributed by atoms with Gasteiger partial charge in [0.15, 0.2) is 11.9 Å². The maximum Gasteiger partial charge on any atom is 0.303 e. The van der Waals surface area contributed by atoms with Crippen molar-refractivity contribution < 1.29 is 24.1 Å². The molecular weight excluding hydrogens is 527 g/mol. The molecule has 1 unspecified atom stereocenters. The van der Waals surface area contributed by atoms with Gasteiger partial charge in [0.05, 0.1) is 28.8 Å². The number of halogens is 3. The smallest absolute Gasteiger partial charge is 0.303 e. The summed E-state index contributed by atoms with van der Waals surface area (Å²) in [4.78, 5) is 15.5. The van der Waals surface area contributed by atoms with Crippen LogP contribution < -0.4 is 9.47 Å². The first kappa shape index (κ1) is 28.1. The van der Waals surface area contributed by atoms with Crippen LogP contribution >= 0.6 is 34.8 Å². The Balaban J connectivity index is 1.69. The van der Waals surface area contributed by atoms with Crippen molar-refractivity contribution in [3.05, 3.63) is 76.3 Å². The first-order valence-corrected chi connectivity index (χ1v) is 12.6. The summed E-state index contributed by atoms with van der Waals surface area (Å²) < 4.78 is 18.7. The maximum atomic E-state index is 11.5. The zero-order valence-electron chi connectivity index (χ0n) is 20.3. The molecule has 0 spiro atoms. The van der Waals surface area contributed by atoms with Crippen molar-refractivity contribution in [1.29, 1.82) is 0 Å². The average molecular weight is 556 g/mol. The van der Waals surface area contributed by atoms with Crippen molar-refractivity contribution in [1.82, 2.24) is 9.55 Å². The van der Waals surface area contributed by atoms with Crippen molar-refractivity contribution in [3.63, 3.8) is 0 Å². The highest BCUT2D eigenvalue weighted by atomic mass is 35.5. The van der Waals surface area contributed by atoms with Crippen LogP contribution in [-0.2, 0) is 21.5 Å². The van der Waals surface area contributed by atoms with Crippen molar-refractivity contribution in [2.24, 2.45) is 0 Å². The Hall–Kier alpha value is -2.45. The molecule has 1 N–H and O–H groups in total. The van der Waals surface area contributed by atoms with E-state index in [1.807, 2.05) is 28.8 Å². The molecule has 0 bridgehead atoms. The Morgan fingerprint density at radius 3 is 2.31 bits per heavy atom. The molecule has 2 atom stereocenters. The molecule has 1 aromatic heterocycles. The molecule has 0 aliphatic carbocycles. The third-order valence-electron chi connectivity index (χ3n) is 5.64. The van der Waals surface area contributed by atoms with Gasteiger partial charge in [0.2, 0.25) is 0 Å². The van der Waals surface area contributed by atoms with Crippen LogP contribution in [0.15, 0.2) is 55.1 Å².